The minimum absolute atomic E-state index is 0.153. The number of hydrogen-bond donors (Lipinski definition) is 0. The lowest BCUT2D eigenvalue weighted by Gasteiger charge is -2.19. The molecule has 70 valence electrons. The molecule has 1 aromatic carbocycles. The summed E-state index contributed by atoms with van der Waals surface area (Å²) in [6.45, 7) is 5.17. The molecule has 0 spiro atoms. The molecule has 0 bridgehead atoms. The predicted molar refractivity (Wildman–Crippen MR) is 54.6 cm³/mol. The summed E-state index contributed by atoms with van der Waals surface area (Å²) in [6.07, 6.45) is 1.08. The van der Waals surface area contributed by atoms with Gasteiger partial charge >= 0.3 is 0 Å². The van der Waals surface area contributed by atoms with Gasteiger partial charge in [0, 0.05) is 16.0 Å². The van der Waals surface area contributed by atoms with Crippen molar-refractivity contribution in [1.82, 2.24) is 0 Å². The SMILES string of the molecule is CCC1(C)COc2ccc(Cl)cc21. The van der Waals surface area contributed by atoms with E-state index in [4.69, 9.17) is 16.3 Å². The lowest BCUT2D eigenvalue weighted by molar-refractivity contribution is 0.273. The van der Waals surface area contributed by atoms with Crippen LogP contribution < -0.4 is 4.74 Å². The van der Waals surface area contributed by atoms with Crippen molar-refractivity contribution in [3.8, 4) is 5.75 Å². The lowest BCUT2D eigenvalue weighted by atomic mass is 9.82. The molecule has 0 radical (unpaired) electrons. The summed E-state index contributed by atoms with van der Waals surface area (Å²) in [6, 6.07) is 5.85. The van der Waals surface area contributed by atoms with Crippen LogP contribution in [0.15, 0.2) is 18.2 Å². The number of hydrogen-bond acceptors (Lipinski definition) is 1. The first-order chi connectivity index (χ1) is 6.15. The van der Waals surface area contributed by atoms with Crippen LogP contribution in [-0.4, -0.2) is 6.61 Å². The van der Waals surface area contributed by atoms with Gasteiger partial charge in [0.2, 0.25) is 0 Å². The normalized spacial score (nSPS) is 25.5. The van der Waals surface area contributed by atoms with Crippen molar-refractivity contribution in [2.24, 2.45) is 0 Å². The predicted octanol–water partition coefficient (Wildman–Crippen LogP) is 3.40. The van der Waals surface area contributed by atoms with Gasteiger partial charge in [-0.25, -0.2) is 0 Å². The summed E-state index contributed by atoms with van der Waals surface area (Å²) in [5, 5.41) is 0.795. The van der Waals surface area contributed by atoms with E-state index in [-0.39, 0.29) is 5.41 Å². The Morgan fingerprint density at radius 2 is 2.31 bits per heavy atom. The molecule has 1 aliphatic rings. The highest BCUT2D eigenvalue weighted by Crippen LogP contribution is 2.41. The standard InChI is InChI=1S/C11H13ClO/c1-3-11(2)7-13-10-5-4-8(12)6-9(10)11/h4-6H,3,7H2,1-2H3. The molecular formula is C11H13ClO. The Hall–Kier alpha value is -0.690. The maximum atomic E-state index is 5.95. The smallest absolute Gasteiger partial charge is 0.123 e. The summed E-state index contributed by atoms with van der Waals surface area (Å²) in [4.78, 5) is 0. The zero-order chi connectivity index (χ0) is 9.47. The Morgan fingerprint density at radius 3 is 3.00 bits per heavy atom. The van der Waals surface area contributed by atoms with E-state index in [1.807, 2.05) is 18.2 Å². The van der Waals surface area contributed by atoms with Crippen molar-refractivity contribution in [3.05, 3.63) is 28.8 Å². The summed E-state index contributed by atoms with van der Waals surface area (Å²) in [7, 11) is 0. The highest BCUT2D eigenvalue weighted by molar-refractivity contribution is 6.30. The first-order valence-electron chi connectivity index (χ1n) is 4.58. The zero-order valence-corrected chi connectivity index (χ0v) is 8.69. The van der Waals surface area contributed by atoms with Gasteiger partial charge in [0.1, 0.15) is 5.75 Å². The van der Waals surface area contributed by atoms with Crippen LogP contribution in [0.25, 0.3) is 0 Å². The number of fused-ring (bicyclic) bond motifs is 1. The van der Waals surface area contributed by atoms with Crippen LogP contribution in [-0.2, 0) is 5.41 Å². The molecule has 1 heterocycles. The minimum atomic E-state index is 0.153. The van der Waals surface area contributed by atoms with Crippen LogP contribution in [0.3, 0.4) is 0 Å². The molecule has 0 aromatic heterocycles. The van der Waals surface area contributed by atoms with E-state index in [0.29, 0.717) is 0 Å². The molecule has 2 heteroatoms. The van der Waals surface area contributed by atoms with E-state index in [1.165, 1.54) is 5.56 Å². The van der Waals surface area contributed by atoms with Gasteiger partial charge in [-0.05, 0) is 24.6 Å². The quantitative estimate of drug-likeness (QED) is 0.669. The molecule has 1 nitrogen and oxygen atoms in total. The van der Waals surface area contributed by atoms with Gasteiger partial charge < -0.3 is 4.74 Å². The first-order valence-corrected chi connectivity index (χ1v) is 4.96. The van der Waals surface area contributed by atoms with Crippen LogP contribution in [0.2, 0.25) is 5.02 Å². The topological polar surface area (TPSA) is 9.23 Å². The lowest BCUT2D eigenvalue weighted by Crippen LogP contribution is -2.22. The molecule has 0 fully saturated rings. The molecule has 0 saturated heterocycles. The first kappa shape index (κ1) is 8.89. The fraction of sp³-hybridized carbons (Fsp3) is 0.455. The van der Waals surface area contributed by atoms with Crippen LogP contribution >= 0.6 is 11.6 Å². The van der Waals surface area contributed by atoms with Crippen molar-refractivity contribution >= 4 is 11.6 Å². The molecule has 1 aliphatic heterocycles. The van der Waals surface area contributed by atoms with E-state index in [2.05, 4.69) is 13.8 Å². The molecule has 0 aliphatic carbocycles. The second-order valence-corrected chi connectivity index (χ2v) is 4.28. The zero-order valence-electron chi connectivity index (χ0n) is 7.93. The van der Waals surface area contributed by atoms with Crippen molar-refractivity contribution in [1.29, 1.82) is 0 Å². The van der Waals surface area contributed by atoms with Crippen molar-refractivity contribution in [2.75, 3.05) is 6.61 Å². The molecule has 0 amide bonds. The third-order valence-electron chi connectivity index (χ3n) is 2.92. The van der Waals surface area contributed by atoms with Crippen molar-refractivity contribution < 1.29 is 4.74 Å². The molecule has 1 aromatic rings. The summed E-state index contributed by atoms with van der Waals surface area (Å²) in [5.41, 5.74) is 1.41. The average Bonchev–Trinajstić information content (AvgIpc) is 2.45. The maximum absolute atomic E-state index is 5.95. The Kier molecular flexibility index (Phi) is 1.99. The van der Waals surface area contributed by atoms with Gasteiger partial charge in [0.25, 0.3) is 0 Å². The Bertz CT molecular complexity index is 335. The van der Waals surface area contributed by atoms with Gasteiger partial charge in [-0.2, -0.15) is 0 Å². The molecule has 1 unspecified atom stereocenters. The van der Waals surface area contributed by atoms with E-state index < -0.39 is 0 Å². The van der Waals surface area contributed by atoms with E-state index in [0.717, 1.165) is 23.8 Å². The van der Waals surface area contributed by atoms with Gasteiger partial charge in [-0.3, -0.25) is 0 Å². The summed E-state index contributed by atoms with van der Waals surface area (Å²) < 4.78 is 5.60. The van der Waals surface area contributed by atoms with Crippen LogP contribution in [0.5, 0.6) is 5.75 Å². The molecule has 1 atom stereocenters. The van der Waals surface area contributed by atoms with Crippen molar-refractivity contribution in [2.45, 2.75) is 25.7 Å². The third kappa shape index (κ3) is 1.31. The highest BCUT2D eigenvalue weighted by Gasteiger charge is 2.34. The van der Waals surface area contributed by atoms with Crippen LogP contribution in [0, 0.1) is 0 Å². The number of benzene rings is 1. The van der Waals surface area contributed by atoms with E-state index >= 15 is 0 Å². The summed E-state index contributed by atoms with van der Waals surface area (Å²) in [5.74, 6) is 0.994. The number of rotatable bonds is 1. The third-order valence-corrected chi connectivity index (χ3v) is 3.15. The average molecular weight is 197 g/mol. The molecule has 2 rings (SSSR count). The molecule has 13 heavy (non-hydrogen) atoms. The van der Waals surface area contributed by atoms with E-state index in [1.54, 1.807) is 0 Å². The minimum Gasteiger partial charge on any atom is -0.492 e. The number of halogens is 1. The van der Waals surface area contributed by atoms with Gasteiger partial charge in [0.05, 0.1) is 6.61 Å². The maximum Gasteiger partial charge on any atom is 0.123 e. The fourth-order valence-electron chi connectivity index (χ4n) is 1.71. The second kappa shape index (κ2) is 2.91. The van der Waals surface area contributed by atoms with Gasteiger partial charge in [-0.1, -0.05) is 25.4 Å². The van der Waals surface area contributed by atoms with Gasteiger partial charge in [-0.15, -0.1) is 0 Å². The largest absolute Gasteiger partial charge is 0.492 e. The Balaban J connectivity index is 2.52. The monoisotopic (exact) mass is 196 g/mol. The van der Waals surface area contributed by atoms with Crippen LogP contribution in [0.4, 0.5) is 0 Å². The second-order valence-electron chi connectivity index (χ2n) is 3.84. The van der Waals surface area contributed by atoms with E-state index in [9.17, 15) is 0 Å². The molecule has 0 saturated carbocycles. The number of ether oxygens (including phenoxy) is 1. The Labute approximate surface area is 83.7 Å². The molecule has 0 N–H and O–H groups in total. The van der Waals surface area contributed by atoms with Gasteiger partial charge in [0.15, 0.2) is 0 Å². The van der Waals surface area contributed by atoms with Crippen molar-refractivity contribution in [3.63, 3.8) is 0 Å². The fourth-order valence-corrected chi connectivity index (χ4v) is 1.88. The highest BCUT2D eigenvalue weighted by atomic mass is 35.5. The van der Waals surface area contributed by atoms with Crippen LogP contribution in [0.1, 0.15) is 25.8 Å². The molecular weight excluding hydrogens is 184 g/mol. The Morgan fingerprint density at radius 1 is 1.54 bits per heavy atom. The summed E-state index contributed by atoms with van der Waals surface area (Å²) >= 11 is 5.95.